The molecule has 0 aliphatic carbocycles. The summed E-state index contributed by atoms with van der Waals surface area (Å²) < 4.78 is 10.4. The quantitative estimate of drug-likeness (QED) is 0.709. The molecule has 7 heteroatoms. The number of hydrogen-bond donors (Lipinski definition) is 2. The zero-order valence-electron chi connectivity index (χ0n) is 14.3. The summed E-state index contributed by atoms with van der Waals surface area (Å²) in [6.07, 6.45) is 1.06. The minimum atomic E-state index is -0.522. The lowest BCUT2D eigenvalue weighted by Gasteiger charge is -2.27. The van der Waals surface area contributed by atoms with Crippen molar-refractivity contribution >= 4 is 6.09 Å². The largest absolute Gasteiger partial charge is 0.506 e. The van der Waals surface area contributed by atoms with Crippen molar-refractivity contribution in [2.75, 3.05) is 33.4 Å². The highest BCUT2D eigenvalue weighted by Gasteiger charge is 2.21. The van der Waals surface area contributed by atoms with E-state index in [9.17, 15) is 9.90 Å². The minimum absolute atomic E-state index is 0.143. The molecule has 1 rings (SSSR count). The summed E-state index contributed by atoms with van der Waals surface area (Å²) in [4.78, 5) is 17.9. The molecule has 0 aromatic carbocycles. The molecule has 0 fully saturated rings. The third-order valence-corrected chi connectivity index (χ3v) is 2.89. The molecule has 1 aromatic rings. The van der Waals surface area contributed by atoms with Crippen molar-refractivity contribution in [2.24, 2.45) is 0 Å². The van der Waals surface area contributed by atoms with Crippen LogP contribution >= 0.6 is 0 Å². The van der Waals surface area contributed by atoms with Crippen LogP contribution in [0.4, 0.5) is 4.79 Å². The van der Waals surface area contributed by atoms with Crippen LogP contribution in [0.25, 0.3) is 0 Å². The molecule has 2 N–H and O–H groups in total. The van der Waals surface area contributed by atoms with Gasteiger partial charge in [-0.15, -0.1) is 0 Å². The van der Waals surface area contributed by atoms with Crippen LogP contribution in [-0.2, 0) is 16.0 Å². The van der Waals surface area contributed by atoms with Crippen LogP contribution in [0.1, 0.15) is 26.5 Å². The van der Waals surface area contributed by atoms with Crippen LogP contribution in [0.15, 0.2) is 18.3 Å². The number of pyridine rings is 1. The smallest absolute Gasteiger partial charge is 0.410 e. The minimum Gasteiger partial charge on any atom is -0.506 e. The SMILES string of the molecule is COCCN(CCNCc1ccc(O)cn1)C(=O)OC(C)(C)C. The number of carbonyl (C=O) groups is 1. The van der Waals surface area contributed by atoms with Crippen molar-refractivity contribution in [1.29, 1.82) is 0 Å². The molecule has 0 atom stereocenters. The fourth-order valence-corrected chi connectivity index (χ4v) is 1.77. The second kappa shape index (κ2) is 9.32. The number of nitrogens with one attached hydrogen (secondary N) is 1. The van der Waals surface area contributed by atoms with Crippen LogP contribution in [0.3, 0.4) is 0 Å². The maximum absolute atomic E-state index is 12.1. The first-order chi connectivity index (χ1) is 10.8. The van der Waals surface area contributed by atoms with Gasteiger partial charge in [0.15, 0.2) is 0 Å². The van der Waals surface area contributed by atoms with Gasteiger partial charge in [0.05, 0.1) is 18.5 Å². The molecule has 0 unspecified atom stereocenters. The Bertz CT molecular complexity index is 471. The van der Waals surface area contributed by atoms with Crippen LogP contribution in [0.2, 0.25) is 0 Å². The predicted octanol–water partition coefficient (Wildman–Crippen LogP) is 1.76. The van der Waals surface area contributed by atoms with Crippen molar-refractivity contribution in [3.05, 3.63) is 24.0 Å². The molecule has 0 saturated carbocycles. The molecule has 0 bridgehead atoms. The molecular formula is C16H27N3O4. The van der Waals surface area contributed by atoms with Crippen LogP contribution in [0, 0.1) is 0 Å². The van der Waals surface area contributed by atoms with E-state index in [1.165, 1.54) is 6.20 Å². The van der Waals surface area contributed by atoms with E-state index in [2.05, 4.69) is 10.3 Å². The lowest BCUT2D eigenvalue weighted by atomic mass is 10.2. The summed E-state index contributed by atoms with van der Waals surface area (Å²) in [6, 6.07) is 3.34. The van der Waals surface area contributed by atoms with Crippen LogP contribution in [-0.4, -0.2) is 60.0 Å². The van der Waals surface area contributed by atoms with E-state index in [-0.39, 0.29) is 11.8 Å². The lowest BCUT2D eigenvalue weighted by molar-refractivity contribution is 0.0204. The van der Waals surface area contributed by atoms with E-state index in [4.69, 9.17) is 9.47 Å². The standard InChI is InChI=1S/C16H27N3O4/c1-16(2,3)23-15(21)19(9-10-22-4)8-7-17-11-13-5-6-14(20)12-18-13/h5-6,12,17,20H,7-11H2,1-4H3. The molecule has 1 heterocycles. The molecule has 0 spiro atoms. The Morgan fingerprint density at radius 2 is 2.09 bits per heavy atom. The van der Waals surface area contributed by atoms with Crippen molar-refractivity contribution < 1.29 is 19.4 Å². The summed E-state index contributed by atoms with van der Waals surface area (Å²) >= 11 is 0. The van der Waals surface area contributed by atoms with Gasteiger partial charge in [0.1, 0.15) is 11.4 Å². The molecule has 23 heavy (non-hydrogen) atoms. The normalized spacial score (nSPS) is 11.3. The zero-order chi connectivity index (χ0) is 17.3. The molecule has 0 saturated heterocycles. The van der Waals surface area contributed by atoms with Crippen LogP contribution in [0.5, 0.6) is 5.75 Å². The summed E-state index contributed by atoms with van der Waals surface area (Å²) in [5.74, 6) is 0.143. The van der Waals surface area contributed by atoms with E-state index in [0.717, 1.165) is 5.69 Å². The summed E-state index contributed by atoms with van der Waals surface area (Å²) in [5.41, 5.74) is 0.301. The Balaban J connectivity index is 2.41. The third kappa shape index (κ3) is 8.37. The van der Waals surface area contributed by atoms with E-state index >= 15 is 0 Å². The third-order valence-electron chi connectivity index (χ3n) is 2.89. The van der Waals surface area contributed by atoms with Gasteiger partial charge in [-0.25, -0.2) is 4.79 Å². The maximum Gasteiger partial charge on any atom is 0.410 e. The first-order valence-corrected chi connectivity index (χ1v) is 7.63. The highest BCUT2D eigenvalue weighted by Crippen LogP contribution is 2.10. The Labute approximate surface area is 137 Å². The number of carbonyl (C=O) groups excluding carboxylic acids is 1. The number of ether oxygens (including phenoxy) is 2. The number of aromatic nitrogens is 1. The van der Waals surface area contributed by atoms with Gasteiger partial charge in [0, 0.05) is 33.3 Å². The van der Waals surface area contributed by atoms with E-state index in [1.54, 1.807) is 24.1 Å². The van der Waals surface area contributed by atoms with Gasteiger partial charge >= 0.3 is 6.09 Å². The van der Waals surface area contributed by atoms with E-state index < -0.39 is 5.60 Å². The summed E-state index contributed by atoms with van der Waals surface area (Å²) in [5, 5.41) is 12.4. The van der Waals surface area contributed by atoms with Crippen molar-refractivity contribution in [3.63, 3.8) is 0 Å². The molecule has 0 aliphatic rings. The number of amides is 1. The molecule has 7 nitrogen and oxygen atoms in total. The molecule has 0 aliphatic heterocycles. The predicted molar refractivity (Wildman–Crippen MR) is 87.3 cm³/mol. The van der Waals surface area contributed by atoms with Gasteiger partial charge in [-0.2, -0.15) is 0 Å². The molecular weight excluding hydrogens is 298 g/mol. The van der Waals surface area contributed by atoms with Crippen molar-refractivity contribution in [3.8, 4) is 5.75 Å². The van der Waals surface area contributed by atoms with Crippen molar-refractivity contribution in [2.45, 2.75) is 32.9 Å². The van der Waals surface area contributed by atoms with Gasteiger partial charge in [-0.3, -0.25) is 4.98 Å². The zero-order valence-corrected chi connectivity index (χ0v) is 14.3. The van der Waals surface area contributed by atoms with Gasteiger partial charge in [-0.1, -0.05) is 0 Å². The van der Waals surface area contributed by atoms with Crippen LogP contribution < -0.4 is 5.32 Å². The van der Waals surface area contributed by atoms with Gasteiger partial charge < -0.3 is 24.8 Å². The highest BCUT2D eigenvalue weighted by atomic mass is 16.6. The van der Waals surface area contributed by atoms with Crippen molar-refractivity contribution in [1.82, 2.24) is 15.2 Å². The molecule has 130 valence electrons. The Morgan fingerprint density at radius 1 is 1.35 bits per heavy atom. The number of rotatable bonds is 8. The van der Waals surface area contributed by atoms with E-state index in [1.807, 2.05) is 20.8 Å². The highest BCUT2D eigenvalue weighted by molar-refractivity contribution is 5.68. The lowest BCUT2D eigenvalue weighted by Crippen LogP contribution is -2.42. The first kappa shape index (κ1) is 19.2. The van der Waals surface area contributed by atoms with Gasteiger partial charge in [0.2, 0.25) is 0 Å². The number of nitrogens with zero attached hydrogens (tertiary/aromatic N) is 2. The van der Waals surface area contributed by atoms with E-state index in [0.29, 0.717) is 32.8 Å². The molecule has 1 aromatic heterocycles. The topological polar surface area (TPSA) is 83.9 Å². The maximum atomic E-state index is 12.1. The second-order valence-electron chi connectivity index (χ2n) is 6.14. The summed E-state index contributed by atoms with van der Waals surface area (Å²) in [6.45, 7) is 8.13. The first-order valence-electron chi connectivity index (χ1n) is 7.63. The average Bonchev–Trinajstić information content (AvgIpc) is 2.46. The number of aromatic hydroxyl groups is 1. The number of methoxy groups -OCH3 is 1. The Hall–Kier alpha value is -1.86. The molecule has 0 radical (unpaired) electrons. The average molecular weight is 325 g/mol. The fraction of sp³-hybridized carbons (Fsp3) is 0.625. The second-order valence-corrected chi connectivity index (χ2v) is 6.14. The Kier molecular flexibility index (Phi) is 7.77. The van der Waals surface area contributed by atoms with Gasteiger partial charge in [0.25, 0.3) is 0 Å². The summed E-state index contributed by atoms with van der Waals surface area (Å²) in [7, 11) is 1.60. The Morgan fingerprint density at radius 3 is 2.65 bits per heavy atom. The number of hydrogen-bond acceptors (Lipinski definition) is 6. The fourth-order valence-electron chi connectivity index (χ4n) is 1.77. The monoisotopic (exact) mass is 325 g/mol. The van der Waals surface area contributed by atoms with Gasteiger partial charge in [-0.05, 0) is 32.9 Å². The molecule has 1 amide bonds.